The number of fused-ring (bicyclic) bond motifs is 1. The molecule has 33 heavy (non-hydrogen) atoms. The van der Waals surface area contributed by atoms with Crippen molar-refractivity contribution in [1.29, 1.82) is 5.26 Å². The Kier molecular flexibility index (Phi) is 5.87. The molecule has 2 aromatic heterocycles. The molecule has 2 aromatic carbocycles. The van der Waals surface area contributed by atoms with Crippen LogP contribution < -0.4 is 11.1 Å². The van der Waals surface area contributed by atoms with E-state index in [-0.39, 0.29) is 11.6 Å². The SMILES string of the molecule is CCc1c(NC(=O)c2cc(C(N)=O)nc3ccccc23)c(C)nn1Cc1ccc(C#N)cc1. The number of aryl methyl sites for hydroxylation is 1. The average Bonchev–Trinajstić information content (AvgIpc) is 3.12. The molecule has 0 spiro atoms. The van der Waals surface area contributed by atoms with E-state index in [1.54, 1.807) is 30.3 Å². The number of aromatic nitrogens is 3. The van der Waals surface area contributed by atoms with E-state index in [1.807, 2.05) is 36.7 Å². The smallest absolute Gasteiger partial charge is 0.267 e. The van der Waals surface area contributed by atoms with E-state index in [1.165, 1.54) is 6.07 Å². The summed E-state index contributed by atoms with van der Waals surface area (Å²) >= 11 is 0. The summed E-state index contributed by atoms with van der Waals surface area (Å²) < 4.78 is 1.85. The minimum Gasteiger partial charge on any atom is -0.364 e. The Morgan fingerprint density at radius 1 is 1.15 bits per heavy atom. The molecule has 0 saturated heterocycles. The van der Waals surface area contributed by atoms with Crippen molar-refractivity contribution in [2.24, 2.45) is 5.73 Å². The molecule has 2 amide bonds. The number of pyridine rings is 1. The predicted molar refractivity (Wildman–Crippen MR) is 125 cm³/mol. The van der Waals surface area contributed by atoms with Gasteiger partial charge in [0.15, 0.2) is 0 Å². The topological polar surface area (TPSA) is 127 Å². The van der Waals surface area contributed by atoms with Crippen molar-refractivity contribution in [3.63, 3.8) is 0 Å². The number of nitrogens with zero attached hydrogens (tertiary/aromatic N) is 4. The van der Waals surface area contributed by atoms with Gasteiger partial charge in [0.2, 0.25) is 0 Å². The fourth-order valence-electron chi connectivity index (χ4n) is 3.81. The molecular weight excluding hydrogens is 416 g/mol. The Morgan fingerprint density at radius 2 is 1.88 bits per heavy atom. The molecule has 164 valence electrons. The number of benzene rings is 2. The predicted octanol–water partition coefficient (Wildman–Crippen LogP) is 3.57. The number of nitrogens with two attached hydrogens (primary N) is 1. The standard InChI is InChI=1S/C25H22N6O2/c1-3-22-23(15(2)30-31(22)14-17-10-8-16(13-26)9-11-17)29-25(33)19-12-21(24(27)32)28-20-7-5-4-6-18(19)20/h4-12H,3,14H2,1-2H3,(H2,27,32)(H,29,33). The first-order chi connectivity index (χ1) is 15.9. The van der Waals surface area contributed by atoms with Crippen molar-refractivity contribution in [3.05, 3.63) is 88.4 Å². The summed E-state index contributed by atoms with van der Waals surface area (Å²) in [5.41, 5.74) is 10.1. The molecule has 0 atom stereocenters. The number of rotatable bonds is 6. The van der Waals surface area contributed by atoms with Gasteiger partial charge in [0.1, 0.15) is 5.69 Å². The molecule has 3 N–H and O–H groups in total. The molecule has 0 radical (unpaired) electrons. The minimum atomic E-state index is -0.699. The number of hydrogen-bond donors (Lipinski definition) is 2. The van der Waals surface area contributed by atoms with Crippen molar-refractivity contribution in [2.75, 3.05) is 5.32 Å². The second-order valence-corrected chi connectivity index (χ2v) is 7.62. The van der Waals surface area contributed by atoms with Crippen LogP contribution in [0.2, 0.25) is 0 Å². The molecule has 8 nitrogen and oxygen atoms in total. The summed E-state index contributed by atoms with van der Waals surface area (Å²) in [6.07, 6.45) is 0.649. The molecular formula is C25H22N6O2. The van der Waals surface area contributed by atoms with Crippen molar-refractivity contribution in [1.82, 2.24) is 14.8 Å². The van der Waals surface area contributed by atoms with Crippen LogP contribution >= 0.6 is 0 Å². The van der Waals surface area contributed by atoms with Gasteiger partial charge in [-0.2, -0.15) is 10.4 Å². The van der Waals surface area contributed by atoms with Gasteiger partial charge in [-0.05, 0) is 43.2 Å². The first kappa shape index (κ1) is 21.7. The largest absolute Gasteiger partial charge is 0.364 e. The molecule has 0 aliphatic carbocycles. The normalized spacial score (nSPS) is 10.7. The van der Waals surface area contributed by atoms with Gasteiger partial charge in [-0.15, -0.1) is 0 Å². The number of nitriles is 1. The second-order valence-electron chi connectivity index (χ2n) is 7.62. The average molecular weight is 438 g/mol. The zero-order valence-electron chi connectivity index (χ0n) is 18.3. The number of para-hydroxylation sites is 1. The van der Waals surface area contributed by atoms with E-state index < -0.39 is 5.91 Å². The lowest BCUT2D eigenvalue weighted by atomic mass is 10.1. The van der Waals surface area contributed by atoms with Crippen LogP contribution in [0, 0.1) is 18.3 Å². The zero-order chi connectivity index (χ0) is 23.5. The molecule has 2 heterocycles. The van der Waals surface area contributed by atoms with Crippen molar-refractivity contribution in [2.45, 2.75) is 26.8 Å². The number of hydrogen-bond acceptors (Lipinski definition) is 5. The molecule has 0 fully saturated rings. The lowest BCUT2D eigenvalue weighted by Gasteiger charge is -2.11. The summed E-state index contributed by atoms with van der Waals surface area (Å²) in [4.78, 5) is 29.3. The zero-order valence-corrected chi connectivity index (χ0v) is 18.3. The van der Waals surface area contributed by atoms with E-state index >= 15 is 0 Å². The Balaban J connectivity index is 1.69. The highest BCUT2D eigenvalue weighted by atomic mass is 16.2. The maximum Gasteiger partial charge on any atom is 0.267 e. The molecule has 0 unspecified atom stereocenters. The van der Waals surface area contributed by atoms with Crippen LogP contribution in [-0.4, -0.2) is 26.6 Å². The van der Waals surface area contributed by atoms with Crippen LogP contribution in [-0.2, 0) is 13.0 Å². The Bertz CT molecular complexity index is 1410. The number of carbonyl (C=O) groups excluding carboxylic acids is 2. The van der Waals surface area contributed by atoms with Crippen LogP contribution in [0.15, 0.2) is 54.6 Å². The number of amides is 2. The second kappa shape index (κ2) is 8.93. The molecule has 0 aliphatic rings. The Labute approximate surface area is 190 Å². The number of primary amides is 1. The Hall–Kier alpha value is -4.51. The summed E-state index contributed by atoms with van der Waals surface area (Å²) in [7, 11) is 0. The number of carbonyl (C=O) groups is 2. The van der Waals surface area contributed by atoms with Crippen molar-refractivity contribution < 1.29 is 9.59 Å². The van der Waals surface area contributed by atoms with Crippen molar-refractivity contribution >= 4 is 28.4 Å². The third kappa shape index (κ3) is 4.29. The number of anilines is 1. The van der Waals surface area contributed by atoms with Crippen LogP contribution in [0.3, 0.4) is 0 Å². The summed E-state index contributed by atoms with van der Waals surface area (Å²) in [6, 6.07) is 18.0. The Morgan fingerprint density at radius 3 is 2.55 bits per heavy atom. The van der Waals surface area contributed by atoms with Gasteiger partial charge in [-0.3, -0.25) is 14.3 Å². The van der Waals surface area contributed by atoms with Crippen molar-refractivity contribution in [3.8, 4) is 6.07 Å². The quantitative estimate of drug-likeness (QED) is 0.476. The van der Waals surface area contributed by atoms with E-state index in [4.69, 9.17) is 11.0 Å². The van der Waals surface area contributed by atoms with Gasteiger partial charge in [0.25, 0.3) is 11.8 Å². The highest BCUT2D eigenvalue weighted by Crippen LogP contribution is 2.25. The third-order valence-electron chi connectivity index (χ3n) is 5.43. The minimum absolute atomic E-state index is 0.0304. The van der Waals surface area contributed by atoms with E-state index in [9.17, 15) is 9.59 Å². The number of nitrogens with one attached hydrogen (secondary N) is 1. The molecule has 0 saturated carbocycles. The molecule has 4 aromatic rings. The van der Waals surface area contributed by atoms with E-state index in [2.05, 4.69) is 21.5 Å². The van der Waals surface area contributed by atoms with E-state index in [0.717, 1.165) is 11.3 Å². The van der Waals surface area contributed by atoms with Gasteiger partial charge in [0.05, 0.1) is 46.3 Å². The first-order valence-electron chi connectivity index (χ1n) is 10.5. The lowest BCUT2D eigenvalue weighted by Crippen LogP contribution is -2.18. The highest BCUT2D eigenvalue weighted by molar-refractivity contribution is 6.14. The van der Waals surface area contributed by atoms with Crippen LogP contribution in [0.25, 0.3) is 10.9 Å². The van der Waals surface area contributed by atoms with Gasteiger partial charge < -0.3 is 11.1 Å². The maximum absolute atomic E-state index is 13.3. The first-order valence-corrected chi connectivity index (χ1v) is 10.5. The fraction of sp³-hybridized carbons (Fsp3) is 0.160. The summed E-state index contributed by atoms with van der Waals surface area (Å²) in [6.45, 7) is 4.34. The summed E-state index contributed by atoms with van der Waals surface area (Å²) in [5.74, 6) is -1.07. The van der Waals surface area contributed by atoms with Crippen LogP contribution in [0.5, 0.6) is 0 Å². The summed E-state index contributed by atoms with van der Waals surface area (Å²) in [5, 5.41) is 17.2. The third-order valence-corrected chi connectivity index (χ3v) is 5.43. The maximum atomic E-state index is 13.3. The molecule has 0 bridgehead atoms. The van der Waals surface area contributed by atoms with Crippen LogP contribution in [0.1, 0.15) is 50.3 Å². The molecule has 4 rings (SSSR count). The van der Waals surface area contributed by atoms with Gasteiger partial charge in [-0.1, -0.05) is 37.3 Å². The van der Waals surface area contributed by atoms with Gasteiger partial charge >= 0.3 is 0 Å². The van der Waals surface area contributed by atoms with E-state index in [0.29, 0.717) is 46.4 Å². The fourth-order valence-corrected chi connectivity index (χ4v) is 3.81. The van der Waals surface area contributed by atoms with Gasteiger partial charge in [0, 0.05) is 5.39 Å². The lowest BCUT2D eigenvalue weighted by molar-refractivity contribution is 0.0996. The molecule has 0 aliphatic heterocycles. The monoisotopic (exact) mass is 438 g/mol. The highest BCUT2D eigenvalue weighted by Gasteiger charge is 2.20. The molecule has 8 heteroatoms. The van der Waals surface area contributed by atoms with Gasteiger partial charge in [-0.25, -0.2) is 4.98 Å². The van der Waals surface area contributed by atoms with Crippen LogP contribution in [0.4, 0.5) is 5.69 Å².